The molecule has 76 valence electrons. The first-order valence-corrected chi connectivity index (χ1v) is 4.73. The van der Waals surface area contributed by atoms with Crippen LogP contribution in [-0.4, -0.2) is 30.1 Å². The van der Waals surface area contributed by atoms with E-state index >= 15 is 0 Å². The Morgan fingerprint density at radius 2 is 2.27 bits per heavy atom. The maximum Gasteiger partial charge on any atom is 0.270 e. The Kier molecular flexibility index (Phi) is 2.32. The van der Waals surface area contributed by atoms with Gasteiger partial charge in [-0.2, -0.15) is 0 Å². The maximum absolute atomic E-state index is 11.6. The summed E-state index contributed by atoms with van der Waals surface area (Å²) in [5, 5.41) is 11.9. The second-order valence-electron chi connectivity index (χ2n) is 3.60. The Morgan fingerprint density at radius 1 is 1.53 bits per heavy atom. The van der Waals surface area contributed by atoms with Crippen molar-refractivity contribution in [2.75, 3.05) is 5.32 Å². The number of carbonyl (C=O) groups is 2. The van der Waals surface area contributed by atoms with Gasteiger partial charge in [0.25, 0.3) is 7.28 Å². The molecule has 0 fully saturated rings. The van der Waals surface area contributed by atoms with Gasteiger partial charge in [0.1, 0.15) is 6.10 Å². The number of carbonyl (C=O) groups excluding carboxylic acids is 2. The van der Waals surface area contributed by atoms with E-state index in [4.69, 9.17) is 0 Å². The van der Waals surface area contributed by atoms with E-state index in [9.17, 15) is 14.7 Å². The van der Waals surface area contributed by atoms with Gasteiger partial charge in [0.15, 0.2) is 11.6 Å². The lowest BCUT2D eigenvalue weighted by Crippen LogP contribution is -2.27. The topological polar surface area (TPSA) is 66.4 Å². The second kappa shape index (κ2) is 3.51. The fourth-order valence-electron chi connectivity index (χ4n) is 1.71. The highest BCUT2D eigenvalue weighted by Crippen LogP contribution is 2.13. The average molecular weight is 203 g/mol. The zero-order valence-corrected chi connectivity index (χ0v) is 8.28. The molecular formula is C10H10BNO3. The van der Waals surface area contributed by atoms with E-state index in [1.807, 2.05) is 0 Å². The molecule has 1 atom stereocenters. The molecule has 4 nitrogen and oxygen atoms in total. The van der Waals surface area contributed by atoms with Crippen LogP contribution >= 0.6 is 0 Å². The lowest BCUT2D eigenvalue weighted by molar-refractivity contribution is 0.0781. The molecule has 1 aromatic carbocycles. The monoisotopic (exact) mass is 203 g/mol. The number of fused-ring (bicyclic) bond motifs is 1. The van der Waals surface area contributed by atoms with Crippen molar-refractivity contribution in [1.82, 2.24) is 0 Å². The Morgan fingerprint density at radius 3 is 2.93 bits per heavy atom. The van der Waals surface area contributed by atoms with E-state index in [0.717, 1.165) is 0 Å². The fourth-order valence-corrected chi connectivity index (χ4v) is 1.71. The Bertz CT molecular complexity index is 442. The zero-order valence-electron chi connectivity index (χ0n) is 8.28. The molecule has 1 aromatic rings. The van der Waals surface area contributed by atoms with Crippen LogP contribution in [0, 0.1) is 0 Å². The van der Waals surface area contributed by atoms with Gasteiger partial charge in [-0.1, -0.05) is 12.1 Å². The van der Waals surface area contributed by atoms with Gasteiger partial charge in [0.2, 0.25) is 0 Å². The van der Waals surface area contributed by atoms with Crippen molar-refractivity contribution in [3.05, 3.63) is 23.8 Å². The molecule has 1 aliphatic rings. The van der Waals surface area contributed by atoms with Crippen LogP contribution in [0.5, 0.6) is 0 Å². The van der Waals surface area contributed by atoms with Crippen LogP contribution in [0.3, 0.4) is 0 Å². The summed E-state index contributed by atoms with van der Waals surface area (Å²) in [7, 11) is 0.212. The minimum absolute atomic E-state index is 0.115. The predicted octanol–water partition coefficient (Wildman–Crippen LogP) is -0.143. The molecule has 0 saturated heterocycles. The second-order valence-corrected chi connectivity index (χ2v) is 3.60. The summed E-state index contributed by atoms with van der Waals surface area (Å²) in [6, 6.07) is 5.08. The van der Waals surface area contributed by atoms with Gasteiger partial charge in [-0.25, -0.2) is 0 Å². The van der Waals surface area contributed by atoms with Gasteiger partial charge in [0.05, 0.1) is 0 Å². The van der Waals surface area contributed by atoms with Gasteiger partial charge in [-0.3, -0.25) is 9.59 Å². The SMILES string of the molecule is CC(O)C(=O)c1cccc2c1BC(=O)N2. The Balaban J connectivity index is 2.47. The quantitative estimate of drug-likeness (QED) is 0.519. The molecule has 5 heteroatoms. The molecule has 0 aliphatic carbocycles. The first kappa shape index (κ1) is 9.92. The molecule has 1 aliphatic heterocycles. The van der Waals surface area contributed by atoms with Crippen molar-refractivity contribution in [3.63, 3.8) is 0 Å². The lowest BCUT2D eigenvalue weighted by atomic mass is 9.69. The van der Waals surface area contributed by atoms with Crippen molar-refractivity contribution in [1.29, 1.82) is 0 Å². The summed E-state index contributed by atoms with van der Waals surface area (Å²) in [5.74, 6) is -0.459. The first-order chi connectivity index (χ1) is 7.09. The van der Waals surface area contributed by atoms with Crippen LogP contribution < -0.4 is 10.8 Å². The number of ketones is 1. The van der Waals surface area contributed by atoms with Crippen LogP contribution in [-0.2, 0) is 0 Å². The molecule has 1 heterocycles. The van der Waals surface area contributed by atoms with Gasteiger partial charge in [-0.15, -0.1) is 0 Å². The van der Waals surface area contributed by atoms with E-state index in [-0.39, 0.29) is 18.9 Å². The van der Waals surface area contributed by atoms with Crippen molar-refractivity contribution < 1.29 is 14.7 Å². The fraction of sp³-hybridized carbons (Fsp3) is 0.200. The lowest BCUT2D eigenvalue weighted by Gasteiger charge is -2.07. The van der Waals surface area contributed by atoms with Crippen molar-refractivity contribution >= 4 is 30.0 Å². The van der Waals surface area contributed by atoms with Gasteiger partial charge >= 0.3 is 0 Å². The molecule has 2 rings (SSSR count). The van der Waals surface area contributed by atoms with E-state index < -0.39 is 6.10 Å². The summed E-state index contributed by atoms with van der Waals surface area (Å²) in [4.78, 5) is 22.8. The van der Waals surface area contributed by atoms with E-state index in [0.29, 0.717) is 16.7 Å². The number of benzene rings is 1. The van der Waals surface area contributed by atoms with E-state index in [1.165, 1.54) is 6.92 Å². The number of aliphatic hydroxyl groups is 1. The molecule has 15 heavy (non-hydrogen) atoms. The van der Waals surface area contributed by atoms with Crippen LogP contribution in [0.4, 0.5) is 10.5 Å². The third-order valence-electron chi connectivity index (χ3n) is 2.43. The minimum atomic E-state index is -1.03. The molecule has 0 spiro atoms. The molecule has 2 N–H and O–H groups in total. The van der Waals surface area contributed by atoms with Crippen molar-refractivity contribution in [2.45, 2.75) is 13.0 Å². The number of amides is 1. The van der Waals surface area contributed by atoms with E-state index in [2.05, 4.69) is 5.32 Å². The van der Waals surface area contributed by atoms with Crippen LogP contribution in [0.2, 0.25) is 0 Å². The molecule has 1 amide bonds. The predicted molar refractivity (Wildman–Crippen MR) is 58.3 cm³/mol. The Hall–Kier alpha value is -1.62. The number of rotatable bonds is 2. The van der Waals surface area contributed by atoms with Crippen LogP contribution in [0.15, 0.2) is 18.2 Å². The normalized spacial score (nSPS) is 15.2. The number of nitrogens with one attached hydrogen (secondary N) is 1. The highest BCUT2D eigenvalue weighted by Gasteiger charge is 2.26. The molecular weight excluding hydrogens is 193 g/mol. The summed E-state index contributed by atoms with van der Waals surface area (Å²) in [5.41, 5.74) is 1.79. The van der Waals surface area contributed by atoms with Gasteiger partial charge in [0, 0.05) is 11.3 Å². The standard InChI is InChI=1S/C10H10BNO3/c1-5(13)9(14)6-3-2-4-7-8(6)11-10(15)12-7/h2-5,11,13H,1H3,(H,12,15). The summed E-state index contributed by atoms with van der Waals surface area (Å²) >= 11 is 0. The number of hydrogen-bond acceptors (Lipinski definition) is 3. The third-order valence-corrected chi connectivity index (χ3v) is 2.43. The number of aliphatic hydroxyl groups excluding tert-OH is 1. The third kappa shape index (κ3) is 1.66. The largest absolute Gasteiger partial charge is 0.385 e. The van der Waals surface area contributed by atoms with Crippen LogP contribution in [0.1, 0.15) is 17.3 Å². The molecule has 0 bridgehead atoms. The number of anilines is 1. The number of Topliss-reactive ketones (excluding diaryl/α,β-unsaturated/α-hetero) is 1. The highest BCUT2D eigenvalue weighted by atomic mass is 16.3. The Labute approximate surface area is 87.5 Å². The van der Waals surface area contributed by atoms with Gasteiger partial charge in [-0.05, 0) is 18.5 Å². The molecule has 0 radical (unpaired) electrons. The number of hydrogen-bond donors (Lipinski definition) is 2. The van der Waals surface area contributed by atoms with Crippen molar-refractivity contribution in [3.8, 4) is 0 Å². The summed E-state index contributed by atoms with van der Waals surface area (Å²) in [6.07, 6.45) is -1.03. The summed E-state index contributed by atoms with van der Waals surface area (Å²) in [6.45, 7) is 1.42. The van der Waals surface area contributed by atoms with Crippen LogP contribution in [0.25, 0.3) is 0 Å². The smallest absolute Gasteiger partial charge is 0.270 e. The molecule has 0 saturated carbocycles. The maximum atomic E-state index is 11.6. The summed E-state index contributed by atoms with van der Waals surface area (Å²) < 4.78 is 0. The van der Waals surface area contributed by atoms with Gasteiger partial charge < -0.3 is 10.4 Å². The zero-order chi connectivity index (χ0) is 11.0. The highest BCUT2D eigenvalue weighted by molar-refractivity contribution is 6.90. The first-order valence-electron chi connectivity index (χ1n) is 4.73. The minimum Gasteiger partial charge on any atom is -0.385 e. The average Bonchev–Trinajstić information content (AvgIpc) is 2.56. The molecule has 0 aromatic heterocycles. The van der Waals surface area contributed by atoms with E-state index in [1.54, 1.807) is 18.2 Å². The van der Waals surface area contributed by atoms with Crippen molar-refractivity contribution in [2.24, 2.45) is 0 Å². The molecule has 1 unspecified atom stereocenters.